The van der Waals surface area contributed by atoms with Crippen molar-refractivity contribution < 1.29 is 18.8 Å². The topological polar surface area (TPSA) is 93.5 Å². The number of amides is 2. The molecular weight excluding hydrogens is 250 g/mol. The maximum Gasteiger partial charge on any atom is 0.249 e. The van der Waals surface area contributed by atoms with Crippen LogP contribution in [0, 0.1) is 6.92 Å². The van der Waals surface area contributed by atoms with Gasteiger partial charge in [-0.15, -0.1) is 0 Å². The van der Waals surface area contributed by atoms with Gasteiger partial charge in [0.1, 0.15) is 17.9 Å². The minimum Gasteiger partial charge on any atom is -0.368 e. The van der Waals surface area contributed by atoms with Crippen LogP contribution in [0.5, 0.6) is 0 Å². The number of carbonyl (C=O) groups is 2. The van der Waals surface area contributed by atoms with E-state index in [1.807, 2.05) is 0 Å². The standard InChI is InChI=1S/C12H17N3O4/c1-7-6-10(15-19-7)14-11(16)8(2)13-12(17)9-4-3-5-18-9/h6,8-9H,3-5H2,1-2H3,(H,13,17)(H,14,15,16)/t8-,9?/m0/s1. The molecule has 0 saturated carbocycles. The quantitative estimate of drug-likeness (QED) is 0.833. The Morgan fingerprint density at radius 3 is 2.89 bits per heavy atom. The Balaban J connectivity index is 1.83. The molecule has 104 valence electrons. The summed E-state index contributed by atoms with van der Waals surface area (Å²) in [6.07, 6.45) is 1.13. The second kappa shape index (κ2) is 5.83. The first-order valence-corrected chi connectivity index (χ1v) is 6.22. The molecule has 0 bridgehead atoms. The van der Waals surface area contributed by atoms with Crippen molar-refractivity contribution in [3.63, 3.8) is 0 Å². The third-order valence-corrected chi connectivity index (χ3v) is 2.85. The van der Waals surface area contributed by atoms with Crippen LogP contribution in [-0.2, 0) is 14.3 Å². The Morgan fingerprint density at radius 1 is 1.53 bits per heavy atom. The molecule has 2 heterocycles. The van der Waals surface area contributed by atoms with Gasteiger partial charge in [0, 0.05) is 12.7 Å². The maximum atomic E-state index is 11.8. The number of ether oxygens (including phenoxy) is 1. The van der Waals surface area contributed by atoms with Crippen molar-refractivity contribution in [2.24, 2.45) is 0 Å². The molecule has 1 aliphatic rings. The lowest BCUT2D eigenvalue weighted by Crippen LogP contribution is -2.45. The predicted octanol–water partition coefficient (Wildman–Crippen LogP) is 0.605. The maximum absolute atomic E-state index is 11.8. The summed E-state index contributed by atoms with van der Waals surface area (Å²) in [5, 5.41) is 8.82. The molecule has 2 amide bonds. The van der Waals surface area contributed by atoms with E-state index in [1.54, 1.807) is 19.9 Å². The Labute approximate surface area is 110 Å². The predicted molar refractivity (Wildman–Crippen MR) is 66.4 cm³/mol. The van der Waals surface area contributed by atoms with Crippen LogP contribution in [0.2, 0.25) is 0 Å². The van der Waals surface area contributed by atoms with Crippen LogP contribution >= 0.6 is 0 Å². The molecule has 2 N–H and O–H groups in total. The summed E-state index contributed by atoms with van der Waals surface area (Å²) in [4.78, 5) is 23.6. The summed E-state index contributed by atoms with van der Waals surface area (Å²) in [6, 6.07) is 0.945. The minimum atomic E-state index is -0.659. The zero-order valence-electron chi connectivity index (χ0n) is 10.9. The highest BCUT2D eigenvalue weighted by Gasteiger charge is 2.26. The average molecular weight is 267 g/mol. The first-order valence-electron chi connectivity index (χ1n) is 6.22. The summed E-state index contributed by atoms with van der Waals surface area (Å²) in [5.41, 5.74) is 0. The third-order valence-electron chi connectivity index (χ3n) is 2.85. The van der Waals surface area contributed by atoms with Gasteiger partial charge in [0.25, 0.3) is 0 Å². The van der Waals surface area contributed by atoms with E-state index in [9.17, 15) is 9.59 Å². The van der Waals surface area contributed by atoms with Crippen molar-refractivity contribution in [1.82, 2.24) is 10.5 Å². The molecular formula is C12H17N3O4. The van der Waals surface area contributed by atoms with Crippen LogP contribution in [0.15, 0.2) is 10.6 Å². The minimum absolute atomic E-state index is 0.253. The number of aryl methyl sites for hydroxylation is 1. The van der Waals surface area contributed by atoms with Gasteiger partial charge in [0.15, 0.2) is 5.82 Å². The van der Waals surface area contributed by atoms with E-state index in [2.05, 4.69) is 15.8 Å². The zero-order chi connectivity index (χ0) is 13.8. The molecule has 2 atom stereocenters. The number of carbonyl (C=O) groups excluding carboxylic acids is 2. The lowest BCUT2D eigenvalue weighted by Gasteiger charge is -2.15. The van der Waals surface area contributed by atoms with E-state index in [4.69, 9.17) is 9.26 Å². The highest BCUT2D eigenvalue weighted by Crippen LogP contribution is 2.12. The Kier molecular flexibility index (Phi) is 4.16. The monoisotopic (exact) mass is 267 g/mol. The summed E-state index contributed by atoms with van der Waals surface area (Å²) in [5.74, 6) is 0.336. The van der Waals surface area contributed by atoms with Crippen molar-refractivity contribution in [2.45, 2.75) is 38.8 Å². The van der Waals surface area contributed by atoms with E-state index in [0.717, 1.165) is 6.42 Å². The second-order valence-corrected chi connectivity index (χ2v) is 4.54. The molecule has 1 fully saturated rings. The lowest BCUT2D eigenvalue weighted by molar-refractivity contribution is -0.133. The number of aromatic nitrogens is 1. The van der Waals surface area contributed by atoms with E-state index in [-0.39, 0.29) is 11.8 Å². The molecule has 0 aromatic carbocycles. The van der Waals surface area contributed by atoms with E-state index in [1.165, 1.54) is 0 Å². The van der Waals surface area contributed by atoms with E-state index >= 15 is 0 Å². The Morgan fingerprint density at radius 2 is 2.32 bits per heavy atom. The SMILES string of the molecule is Cc1cc(NC(=O)[C@H](C)NC(=O)C2CCCO2)no1. The van der Waals surface area contributed by atoms with Crippen LogP contribution in [0.1, 0.15) is 25.5 Å². The number of anilines is 1. The zero-order valence-corrected chi connectivity index (χ0v) is 10.9. The fourth-order valence-electron chi connectivity index (χ4n) is 1.82. The normalized spacial score (nSPS) is 20.0. The highest BCUT2D eigenvalue weighted by molar-refractivity contribution is 5.96. The number of nitrogens with one attached hydrogen (secondary N) is 2. The van der Waals surface area contributed by atoms with Gasteiger partial charge in [-0.25, -0.2) is 0 Å². The van der Waals surface area contributed by atoms with E-state index in [0.29, 0.717) is 24.6 Å². The van der Waals surface area contributed by atoms with Gasteiger partial charge in [-0.05, 0) is 26.7 Å². The first-order chi connectivity index (χ1) is 9.06. The van der Waals surface area contributed by atoms with Gasteiger partial charge in [-0.3, -0.25) is 9.59 Å². The molecule has 0 radical (unpaired) electrons. The highest BCUT2D eigenvalue weighted by atomic mass is 16.5. The van der Waals surface area contributed by atoms with E-state index < -0.39 is 12.1 Å². The lowest BCUT2D eigenvalue weighted by atomic mass is 10.2. The summed E-state index contributed by atoms with van der Waals surface area (Å²) >= 11 is 0. The van der Waals surface area contributed by atoms with Crippen molar-refractivity contribution in [3.05, 3.63) is 11.8 Å². The van der Waals surface area contributed by atoms with Crippen molar-refractivity contribution >= 4 is 17.6 Å². The van der Waals surface area contributed by atoms with Crippen LogP contribution in [0.25, 0.3) is 0 Å². The largest absolute Gasteiger partial charge is 0.368 e. The third kappa shape index (κ3) is 3.54. The smallest absolute Gasteiger partial charge is 0.249 e. The number of nitrogens with zero attached hydrogens (tertiary/aromatic N) is 1. The fraction of sp³-hybridized carbons (Fsp3) is 0.583. The van der Waals surface area contributed by atoms with Gasteiger partial charge in [-0.2, -0.15) is 0 Å². The first kappa shape index (κ1) is 13.5. The summed E-state index contributed by atoms with van der Waals surface area (Å²) in [7, 11) is 0. The van der Waals surface area contributed by atoms with Crippen molar-refractivity contribution in [3.8, 4) is 0 Å². The molecule has 1 saturated heterocycles. The number of rotatable bonds is 4. The molecule has 1 aromatic heterocycles. The van der Waals surface area contributed by atoms with Gasteiger partial charge < -0.3 is 19.9 Å². The van der Waals surface area contributed by atoms with Crippen LogP contribution in [0.4, 0.5) is 5.82 Å². The van der Waals surface area contributed by atoms with Gasteiger partial charge >= 0.3 is 0 Å². The summed E-state index contributed by atoms with van der Waals surface area (Å²) < 4.78 is 10.1. The molecule has 7 nitrogen and oxygen atoms in total. The molecule has 1 aliphatic heterocycles. The number of hydrogen-bond acceptors (Lipinski definition) is 5. The Hall–Kier alpha value is -1.89. The fourth-order valence-corrected chi connectivity index (χ4v) is 1.82. The molecule has 7 heteroatoms. The van der Waals surface area contributed by atoms with Gasteiger partial charge in [0.2, 0.25) is 11.8 Å². The van der Waals surface area contributed by atoms with Gasteiger partial charge in [-0.1, -0.05) is 5.16 Å². The van der Waals surface area contributed by atoms with Crippen LogP contribution in [-0.4, -0.2) is 35.7 Å². The van der Waals surface area contributed by atoms with Gasteiger partial charge in [0.05, 0.1) is 0 Å². The molecule has 1 unspecified atom stereocenters. The second-order valence-electron chi connectivity index (χ2n) is 4.54. The number of hydrogen-bond donors (Lipinski definition) is 2. The van der Waals surface area contributed by atoms with Crippen molar-refractivity contribution in [2.75, 3.05) is 11.9 Å². The molecule has 1 aromatic rings. The van der Waals surface area contributed by atoms with Crippen LogP contribution in [0.3, 0.4) is 0 Å². The van der Waals surface area contributed by atoms with Crippen LogP contribution < -0.4 is 10.6 Å². The molecule has 0 spiro atoms. The molecule has 19 heavy (non-hydrogen) atoms. The molecule has 2 rings (SSSR count). The average Bonchev–Trinajstić information content (AvgIpc) is 3.00. The summed E-state index contributed by atoms with van der Waals surface area (Å²) in [6.45, 7) is 3.93. The van der Waals surface area contributed by atoms with Crippen molar-refractivity contribution in [1.29, 1.82) is 0 Å². The Bertz CT molecular complexity index is 465. The molecule has 0 aliphatic carbocycles.